The van der Waals surface area contributed by atoms with Crippen LogP contribution < -0.4 is 4.74 Å². The minimum atomic E-state index is 0.317. The Labute approximate surface area is 116 Å². The fourth-order valence-electron chi connectivity index (χ4n) is 2.93. The van der Waals surface area contributed by atoms with Gasteiger partial charge in [0, 0.05) is 19.7 Å². The molecule has 0 saturated carbocycles. The van der Waals surface area contributed by atoms with Gasteiger partial charge in [-0.05, 0) is 61.9 Å². The predicted molar refractivity (Wildman–Crippen MR) is 77.6 cm³/mol. The third-order valence-electron chi connectivity index (χ3n) is 4.32. The maximum atomic E-state index is 9.30. The van der Waals surface area contributed by atoms with Crippen molar-refractivity contribution in [2.45, 2.75) is 33.2 Å². The maximum Gasteiger partial charge on any atom is 0.122 e. The Morgan fingerprint density at radius 2 is 2.11 bits per heavy atom. The summed E-state index contributed by atoms with van der Waals surface area (Å²) in [5, 5.41) is 9.30. The van der Waals surface area contributed by atoms with Crippen LogP contribution in [0, 0.1) is 19.8 Å². The minimum absolute atomic E-state index is 0.317. The highest BCUT2D eigenvalue weighted by molar-refractivity contribution is 5.43. The summed E-state index contributed by atoms with van der Waals surface area (Å²) < 4.78 is 5.36. The second-order valence-corrected chi connectivity index (χ2v) is 5.60. The number of aliphatic hydroxyl groups excluding tert-OH is 1. The Kier molecular flexibility index (Phi) is 4.83. The summed E-state index contributed by atoms with van der Waals surface area (Å²) in [7, 11) is 1.72. The van der Waals surface area contributed by atoms with Crippen molar-refractivity contribution in [3.8, 4) is 5.75 Å². The summed E-state index contributed by atoms with van der Waals surface area (Å²) in [6, 6.07) is 4.23. The van der Waals surface area contributed by atoms with Crippen LogP contribution in [0.2, 0.25) is 0 Å². The average molecular weight is 263 g/mol. The largest absolute Gasteiger partial charge is 0.496 e. The van der Waals surface area contributed by atoms with Gasteiger partial charge in [-0.3, -0.25) is 4.90 Å². The third-order valence-corrected chi connectivity index (χ3v) is 4.32. The lowest BCUT2D eigenvalue weighted by atomic mass is 9.97. The molecule has 0 amide bonds. The number of benzene rings is 1. The number of ether oxygens (including phenoxy) is 1. The predicted octanol–water partition coefficient (Wildman–Crippen LogP) is 2.52. The molecule has 1 fully saturated rings. The van der Waals surface area contributed by atoms with E-state index in [4.69, 9.17) is 4.74 Å². The molecule has 0 bridgehead atoms. The Morgan fingerprint density at radius 1 is 1.32 bits per heavy atom. The number of piperidine rings is 1. The second-order valence-electron chi connectivity index (χ2n) is 5.60. The van der Waals surface area contributed by atoms with Crippen molar-refractivity contribution < 1.29 is 9.84 Å². The van der Waals surface area contributed by atoms with Gasteiger partial charge >= 0.3 is 0 Å². The van der Waals surface area contributed by atoms with E-state index in [1.807, 2.05) is 0 Å². The van der Waals surface area contributed by atoms with Gasteiger partial charge in [0.2, 0.25) is 0 Å². The molecule has 1 unspecified atom stereocenters. The van der Waals surface area contributed by atoms with Crippen LogP contribution in [-0.4, -0.2) is 36.8 Å². The van der Waals surface area contributed by atoms with Crippen LogP contribution in [0.15, 0.2) is 12.1 Å². The van der Waals surface area contributed by atoms with Gasteiger partial charge in [-0.2, -0.15) is 0 Å². The maximum absolute atomic E-state index is 9.30. The Balaban J connectivity index is 2.09. The van der Waals surface area contributed by atoms with Crippen molar-refractivity contribution in [1.82, 2.24) is 4.90 Å². The zero-order valence-electron chi connectivity index (χ0n) is 12.3. The molecule has 106 valence electrons. The summed E-state index contributed by atoms with van der Waals surface area (Å²) in [6.07, 6.45) is 2.35. The molecule has 1 saturated heterocycles. The Bertz CT molecular complexity index is 431. The number of rotatable bonds is 4. The molecule has 1 heterocycles. The zero-order valence-corrected chi connectivity index (χ0v) is 12.3. The van der Waals surface area contributed by atoms with Crippen molar-refractivity contribution in [3.05, 3.63) is 28.8 Å². The standard InChI is InChI=1S/C16H25NO2/c1-12-13(2)16(19-3)7-6-15(12)10-17-8-4-5-14(9-17)11-18/h6-7,14,18H,4-5,8-11H2,1-3H3. The van der Waals surface area contributed by atoms with Crippen LogP contribution in [0.5, 0.6) is 5.75 Å². The van der Waals surface area contributed by atoms with Gasteiger partial charge in [-0.1, -0.05) is 6.07 Å². The van der Waals surface area contributed by atoms with E-state index in [2.05, 4.69) is 30.9 Å². The molecule has 2 rings (SSSR count). The normalized spacial score (nSPS) is 20.5. The van der Waals surface area contributed by atoms with Gasteiger partial charge < -0.3 is 9.84 Å². The van der Waals surface area contributed by atoms with E-state index in [0.29, 0.717) is 12.5 Å². The molecular weight excluding hydrogens is 238 g/mol. The van der Waals surface area contributed by atoms with Crippen molar-refractivity contribution >= 4 is 0 Å². The highest BCUT2D eigenvalue weighted by Crippen LogP contribution is 2.26. The molecule has 1 aliphatic heterocycles. The van der Waals surface area contributed by atoms with E-state index in [-0.39, 0.29) is 0 Å². The molecule has 1 aliphatic rings. The number of likely N-dealkylation sites (tertiary alicyclic amines) is 1. The molecule has 0 radical (unpaired) electrons. The molecule has 0 spiro atoms. The molecule has 19 heavy (non-hydrogen) atoms. The molecule has 1 N–H and O–H groups in total. The van der Waals surface area contributed by atoms with Crippen molar-refractivity contribution in [2.75, 3.05) is 26.8 Å². The lowest BCUT2D eigenvalue weighted by Gasteiger charge is -2.32. The summed E-state index contributed by atoms with van der Waals surface area (Å²) >= 11 is 0. The zero-order chi connectivity index (χ0) is 13.8. The molecule has 0 aromatic heterocycles. The fourth-order valence-corrected chi connectivity index (χ4v) is 2.93. The SMILES string of the molecule is COc1ccc(CN2CCCC(CO)C2)c(C)c1C. The number of nitrogens with zero attached hydrogens (tertiary/aromatic N) is 1. The Morgan fingerprint density at radius 3 is 2.79 bits per heavy atom. The first kappa shape index (κ1) is 14.4. The van der Waals surface area contributed by atoms with Gasteiger partial charge in [0.05, 0.1) is 7.11 Å². The summed E-state index contributed by atoms with van der Waals surface area (Å²) in [5.74, 6) is 1.42. The summed E-state index contributed by atoms with van der Waals surface area (Å²) in [5.41, 5.74) is 3.93. The average Bonchev–Trinajstić information content (AvgIpc) is 2.44. The minimum Gasteiger partial charge on any atom is -0.496 e. The van der Waals surface area contributed by atoms with Crippen LogP contribution in [0.25, 0.3) is 0 Å². The van der Waals surface area contributed by atoms with E-state index in [0.717, 1.165) is 31.8 Å². The Hall–Kier alpha value is -1.06. The molecule has 0 aliphatic carbocycles. The lowest BCUT2D eigenvalue weighted by Crippen LogP contribution is -2.36. The highest BCUT2D eigenvalue weighted by atomic mass is 16.5. The summed E-state index contributed by atoms with van der Waals surface area (Å²) in [4.78, 5) is 2.46. The van der Waals surface area contributed by atoms with Gasteiger partial charge in [0.15, 0.2) is 0 Å². The monoisotopic (exact) mass is 263 g/mol. The topological polar surface area (TPSA) is 32.7 Å². The molecule has 3 heteroatoms. The molecule has 1 aromatic rings. The van der Waals surface area contributed by atoms with Crippen LogP contribution in [0.3, 0.4) is 0 Å². The second kappa shape index (κ2) is 6.40. The highest BCUT2D eigenvalue weighted by Gasteiger charge is 2.20. The lowest BCUT2D eigenvalue weighted by molar-refractivity contribution is 0.115. The van der Waals surface area contributed by atoms with E-state index in [9.17, 15) is 5.11 Å². The number of methoxy groups -OCH3 is 1. The molecule has 1 aromatic carbocycles. The quantitative estimate of drug-likeness (QED) is 0.906. The van der Waals surface area contributed by atoms with E-state index < -0.39 is 0 Å². The van der Waals surface area contributed by atoms with Gasteiger partial charge in [-0.25, -0.2) is 0 Å². The smallest absolute Gasteiger partial charge is 0.122 e. The fraction of sp³-hybridized carbons (Fsp3) is 0.625. The summed E-state index contributed by atoms with van der Waals surface area (Å²) in [6.45, 7) is 7.73. The van der Waals surface area contributed by atoms with Crippen LogP contribution in [-0.2, 0) is 6.54 Å². The number of hydrogen-bond acceptors (Lipinski definition) is 3. The van der Waals surface area contributed by atoms with E-state index in [1.54, 1.807) is 7.11 Å². The molecular formula is C16H25NO2. The van der Waals surface area contributed by atoms with Gasteiger partial charge in [0.1, 0.15) is 5.75 Å². The first-order chi connectivity index (χ1) is 9.15. The first-order valence-electron chi connectivity index (χ1n) is 7.12. The van der Waals surface area contributed by atoms with Gasteiger partial charge in [0.25, 0.3) is 0 Å². The van der Waals surface area contributed by atoms with Crippen molar-refractivity contribution in [1.29, 1.82) is 0 Å². The third kappa shape index (κ3) is 3.28. The van der Waals surface area contributed by atoms with Crippen molar-refractivity contribution in [2.24, 2.45) is 5.92 Å². The van der Waals surface area contributed by atoms with Crippen LogP contribution in [0.1, 0.15) is 29.5 Å². The van der Waals surface area contributed by atoms with Gasteiger partial charge in [-0.15, -0.1) is 0 Å². The van der Waals surface area contributed by atoms with Crippen LogP contribution in [0.4, 0.5) is 0 Å². The number of hydrogen-bond donors (Lipinski definition) is 1. The molecule has 3 nitrogen and oxygen atoms in total. The van der Waals surface area contributed by atoms with E-state index in [1.165, 1.54) is 23.1 Å². The van der Waals surface area contributed by atoms with Crippen LogP contribution >= 0.6 is 0 Å². The molecule has 1 atom stereocenters. The first-order valence-corrected chi connectivity index (χ1v) is 7.12. The number of aliphatic hydroxyl groups is 1. The van der Waals surface area contributed by atoms with E-state index >= 15 is 0 Å². The van der Waals surface area contributed by atoms with Crippen molar-refractivity contribution in [3.63, 3.8) is 0 Å².